The first-order valence-corrected chi connectivity index (χ1v) is 6.05. The molecule has 2 atom stereocenters. The van der Waals surface area contributed by atoms with E-state index in [0.29, 0.717) is 5.92 Å². The van der Waals surface area contributed by atoms with Crippen molar-refractivity contribution < 1.29 is 5.11 Å². The molecule has 1 aromatic heterocycles. The highest BCUT2D eigenvalue weighted by Crippen LogP contribution is 2.24. The van der Waals surface area contributed by atoms with Crippen LogP contribution in [0.5, 0.6) is 0 Å². The Balaban J connectivity index is 1.72. The van der Waals surface area contributed by atoms with Gasteiger partial charge in [-0.2, -0.15) is 0 Å². The van der Waals surface area contributed by atoms with Gasteiger partial charge in [0.25, 0.3) is 0 Å². The molecule has 16 heavy (non-hydrogen) atoms. The number of hydrogen-bond donors (Lipinski definition) is 2. The molecule has 1 heterocycles. The van der Waals surface area contributed by atoms with Gasteiger partial charge in [0, 0.05) is 12.2 Å². The van der Waals surface area contributed by atoms with Crippen molar-refractivity contribution in [2.75, 3.05) is 6.54 Å². The maximum absolute atomic E-state index is 9.41. The fourth-order valence-electron chi connectivity index (χ4n) is 2.34. The molecule has 0 bridgehead atoms. The van der Waals surface area contributed by atoms with Crippen LogP contribution in [0.25, 0.3) is 0 Å². The van der Waals surface area contributed by atoms with Crippen molar-refractivity contribution in [3.8, 4) is 0 Å². The van der Waals surface area contributed by atoms with Crippen LogP contribution in [0, 0.1) is 12.8 Å². The van der Waals surface area contributed by atoms with Gasteiger partial charge in [-0.05, 0) is 50.8 Å². The molecular weight excluding hydrogens is 200 g/mol. The fraction of sp³-hybridized carbons (Fsp3) is 0.615. The highest BCUT2D eigenvalue weighted by Gasteiger charge is 2.21. The van der Waals surface area contributed by atoms with Crippen LogP contribution in [-0.4, -0.2) is 22.7 Å². The summed E-state index contributed by atoms with van der Waals surface area (Å²) in [7, 11) is 0. The summed E-state index contributed by atoms with van der Waals surface area (Å²) in [5.74, 6) is 0.639. The molecule has 0 radical (unpaired) electrons. The van der Waals surface area contributed by atoms with E-state index in [4.69, 9.17) is 0 Å². The van der Waals surface area contributed by atoms with Crippen molar-refractivity contribution in [1.82, 2.24) is 10.3 Å². The van der Waals surface area contributed by atoms with Gasteiger partial charge in [-0.3, -0.25) is 4.98 Å². The normalized spacial score (nSPS) is 24.9. The zero-order chi connectivity index (χ0) is 11.4. The average molecular weight is 220 g/mol. The SMILES string of the molecule is Cc1cccc(CNCC2CCC(O)C2)n1. The monoisotopic (exact) mass is 220 g/mol. The van der Waals surface area contributed by atoms with Gasteiger partial charge < -0.3 is 10.4 Å². The minimum absolute atomic E-state index is 0.0658. The third-order valence-corrected chi connectivity index (χ3v) is 3.20. The van der Waals surface area contributed by atoms with E-state index in [-0.39, 0.29) is 6.10 Å². The quantitative estimate of drug-likeness (QED) is 0.811. The van der Waals surface area contributed by atoms with E-state index in [2.05, 4.69) is 10.3 Å². The molecule has 88 valence electrons. The average Bonchev–Trinajstić information content (AvgIpc) is 2.64. The lowest BCUT2D eigenvalue weighted by molar-refractivity contribution is 0.177. The number of rotatable bonds is 4. The maximum Gasteiger partial charge on any atom is 0.0544 e. The number of nitrogens with zero attached hydrogens (tertiary/aromatic N) is 1. The predicted octanol–water partition coefficient (Wildman–Crippen LogP) is 1.64. The number of nitrogens with one attached hydrogen (secondary N) is 1. The highest BCUT2D eigenvalue weighted by atomic mass is 16.3. The maximum atomic E-state index is 9.41. The molecule has 1 fully saturated rings. The van der Waals surface area contributed by atoms with Crippen LogP contribution in [0.2, 0.25) is 0 Å². The molecule has 2 unspecified atom stereocenters. The summed E-state index contributed by atoms with van der Waals surface area (Å²) >= 11 is 0. The van der Waals surface area contributed by atoms with Crippen molar-refractivity contribution in [2.24, 2.45) is 5.92 Å². The summed E-state index contributed by atoms with van der Waals surface area (Å²) in [4.78, 5) is 4.44. The number of hydrogen-bond acceptors (Lipinski definition) is 3. The molecule has 0 spiro atoms. The number of aliphatic hydroxyl groups is 1. The zero-order valence-electron chi connectivity index (χ0n) is 9.82. The third-order valence-electron chi connectivity index (χ3n) is 3.20. The molecule has 2 rings (SSSR count). The molecular formula is C13H20N2O. The van der Waals surface area contributed by atoms with Gasteiger partial charge in [0.15, 0.2) is 0 Å². The molecule has 1 aliphatic rings. The van der Waals surface area contributed by atoms with Crippen LogP contribution in [0.1, 0.15) is 30.7 Å². The first-order valence-electron chi connectivity index (χ1n) is 6.05. The summed E-state index contributed by atoms with van der Waals surface area (Å²) in [5, 5.41) is 12.8. The van der Waals surface area contributed by atoms with E-state index in [1.807, 2.05) is 25.1 Å². The largest absolute Gasteiger partial charge is 0.393 e. The van der Waals surface area contributed by atoms with Gasteiger partial charge in [-0.15, -0.1) is 0 Å². The number of aliphatic hydroxyl groups excluding tert-OH is 1. The lowest BCUT2D eigenvalue weighted by Gasteiger charge is -2.10. The Morgan fingerprint density at radius 2 is 2.31 bits per heavy atom. The molecule has 2 N–H and O–H groups in total. The Kier molecular flexibility index (Phi) is 3.91. The minimum atomic E-state index is -0.0658. The number of aromatic nitrogens is 1. The van der Waals surface area contributed by atoms with Crippen molar-refractivity contribution in [1.29, 1.82) is 0 Å². The summed E-state index contributed by atoms with van der Waals surface area (Å²) < 4.78 is 0. The van der Waals surface area contributed by atoms with Crippen LogP contribution in [0.15, 0.2) is 18.2 Å². The van der Waals surface area contributed by atoms with Crippen LogP contribution in [0.4, 0.5) is 0 Å². The Bertz CT molecular complexity index is 340. The van der Waals surface area contributed by atoms with Crippen molar-refractivity contribution >= 4 is 0 Å². The predicted molar refractivity (Wildman–Crippen MR) is 64.0 cm³/mol. The molecule has 0 aliphatic heterocycles. The second kappa shape index (κ2) is 5.41. The lowest BCUT2D eigenvalue weighted by Crippen LogP contribution is -2.22. The van der Waals surface area contributed by atoms with Crippen molar-refractivity contribution in [3.63, 3.8) is 0 Å². The van der Waals surface area contributed by atoms with Gasteiger partial charge in [0.05, 0.1) is 11.8 Å². The second-order valence-corrected chi connectivity index (χ2v) is 4.73. The Morgan fingerprint density at radius 3 is 3.00 bits per heavy atom. The topological polar surface area (TPSA) is 45.1 Å². The molecule has 0 aromatic carbocycles. The molecule has 1 aliphatic carbocycles. The first kappa shape index (κ1) is 11.6. The standard InChI is InChI=1S/C13H20N2O/c1-10-3-2-4-12(15-10)9-14-8-11-5-6-13(16)7-11/h2-4,11,13-14,16H,5-9H2,1H3. The summed E-state index contributed by atoms with van der Waals surface area (Å²) in [6.45, 7) is 3.83. The summed E-state index contributed by atoms with van der Waals surface area (Å²) in [6, 6.07) is 6.10. The van der Waals surface area contributed by atoms with E-state index in [0.717, 1.165) is 43.7 Å². The first-order chi connectivity index (χ1) is 7.74. The Hall–Kier alpha value is -0.930. The van der Waals surface area contributed by atoms with E-state index in [9.17, 15) is 5.11 Å². The van der Waals surface area contributed by atoms with Crippen molar-refractivity contribution in [2.45, 2.75) is 38.8 Å². The van der Waals surface area contributed by atoms with Crippen LogP contribution >= 0.6 is 0 Å². The van der Waals surface area contributed by atoms with Crippen LogP contribution in [0.3, 0.4) is 0 Å². The van der Waals surface area contributed by atoms with Crippen LogP contribution < -0.4 is 5.32 Å². The minimum Gasteiger partial charge on any atom is -0.393 e. The molecule has 1 aromatic rings. The van der Waals surface area contributed by atoms with E-state index >= 15 is 0 Å². The Labute approximate surface area is 96.9 Å². The number of aryl methyl sites for hydroxylation is 1. The van der Waals surface area contributed by atoms with E-state index in [1.165, 1.54) is 0 Å². The molecule has 1 saturated carbocycles. The van der Waals surface area contributed by atoms with Gasteiger partial charge >= 0.3 is 0 Å². The molecule has 3 nitrogen and oxygen atoms in total. The van der Waals surface area contributed by atoms with Gasteiger partial charge in [-0.1, -0.05) is 6.07 Å². The molecule has 0 amide bonds. The smallest absolute Gasteiger partial charge is 0.0544 e. The highest BCUT2D eigenvalue weighted by molar-refractivity contribution is 5.09. The summed E-state index contributed by atoms with van der Waals surface area (Å²) in [5.41, 5.74) is 2.16. The third kappa shape index (κ3) is 3.29. The van der Waals surface area contributed by atoms with Crippen LogP contribution in [-0.2, 0) is 6.54 Å². The lowest BCUT2D eigenvalue weighted by atomic mass is 10.1. The van der Waals surface area contributed by atoms with Gasteiger partial charge in [-0.25, -0.2) is 0 Å². The zero-order valence-corrected chi connectivity index (χ0v) is 9.82. The molecule has 0 saturated heterocycles. The van der Waals surface area contributed by atoms with Crippen molar-refractivity contribution in [3.05, 3.63) is 29.6 Å². The van der Waals surface area contributed by atoms with E-state index in [1.54, 1.807) is 0 Å². The Morgan fingerprint density at radius 1 is 1.44 bits per heavy atom. The number of pyridine rings is 1. The van der Waals surface area contributed by atoms with E-state index < -0.39 is 0 Å². The van der Waals surface area contributed by atoms with Gasteiger partial charge in [0.1, 0.15) is 0 Å². The second-order valence-electron chi connectivity index (χ2n) is 4.73. The van der Waals surface area contributed by atoms with Gasteiger partial charge in [0.2, 0.25) is 0 Å². The summed E-state index contributed by atoms with van der Waals surface area (Å²) in [6.07, 6.45) is 3.00. The molecule has 3 heteroatoms. The fourth-order valence-corrected chi connectivity index (χ4v) is 2.34.